The van der Waals surface area contributed by atoms with Crippen LogP contribution in [-0.2, 0) is 0 Å². The first-order valence-corrected chi connectivity index (χ1v) is 8.52. The highest BCUT2D eigenvalue weighted by Gasteiger charge is 2.20. The average molecular weight is 324 g/mol. The van der Waals surface area contributed by atoms with Crippen molar-refractivity contribution in [2.75, 3.05) is 18.4 Å². The summed E-state index contributed by atoms with van der Waals surface area (Å²) >= 11 is 0. The van der Waals surface area contributed by atoms with E-state index in [1.54, 1.807) is 6.07 Å². The van der Waals surface area contributed by atoms with Crippen molar-refractivity contribution >= 4 is 17.5 Å². The fourth-order valence-corrected chi connectivity index (χ4v) is 3.07. The molecule has 2 heterocycles. The Morgan fingerprint density at radius 1 is 1.04 bits per heavy atom. The van der Waals surface area contributed by atoms with E-state index in [0.717, 1.165) is 42.9 Å². The number of hydrogen-bond acceptors (Lipinski definition) is 4. The van der Waals surface area contributed by atoms with Crippen LogP contribution in [0, 0.1) is 20.8 Å². The topological polar surface area (TPSA) is 58.1 Å². The van der Waals surface area contributed by atoms with Crippen LogP contribution >= 0.6 is 0 Å². The highest BCUT2D eigenvalue weighted by Crippen LogP contribution is 2.20. The highest BCUT2D eigenvalue weighted by atomic mass is 16.2. The third kappa shape index (κ3) is 3.72. The largest absolute Gasteiger partial charge is 0.337 e. The van der Waals surface area contributed by atoms with Crippen LogP contribution in [0.4, 0.5) is 11.6 Å². The fourth-order valence-electron chi connectivity index (χ4n) is 3.07. The lowest BCUT2D eigenvalue weighted by molar-refractivity contribution is 0.0718. The number of nitrogens with one attached hydrogen (secondary N) is 1. The van der Waals surface area contributed by atoms with E-state index in [4.69, 9.17) is 0 Å². The van der Waals surface area contributed by atoms with Crippen LogP contribution in [0.15, 0.2) is 24.3 Å². The molecule has 5 nitrogen and oxygen atoms in total. The van der Waals surface area contributed by atoms with Crippen LogP contribution in [0.3, 0.4) is 0 Å². The van der Waals surface area contributed by atoms with Gasteiger partial charge in [-0.1, -0.05) is 17.7 Å². The second kappa shape index (κ2) is 6.99. The molecule has 3 rings (SSSR count). The number of anilines is 2. The van der Waals surface area contributed by atoms with Gasteiger partial charge in [0, 0.05) is 24.5 Å². The Morgan fingerprint density at radius 2 is 1.79 bits per heavy atom. The molecule has 5 heteroatoms. The van der Waals surface area contributed by atoms with Gasteiger partial charge >= 0.3 is 0 Å². The Bertz CT molecular complexity index is 751. The quantitative estimate of drug-likeness (QED) is 0.933. The number of hydrogen-bond donors (Lipinski definition) is 1. The number of nitrogens with zero attached hydrogens (tertiary/aromatic N) is 3. The van der Waals surface area contributed by atoms with E-state index in [1.807, 2.05) is 30.9 Å². The van der Waals surface area contributed by atoms with Crippen LogP contribution in [0.5, 0.6) is 0 Å². The molecule has 1 amide bonds. The third-order valence-corrected chi connectivity index (χ3v) is 4.34. The number of amides is 1. The summed E-state index contributed by atoms with van der Waals surface area (Å²) in [4.78, 5) is 23.5. The minimum Gasteiger partial charge on any atom is -0.337 e. The molecule has 0 unspecified atom stereocenters. The second-order valence-corrected chi connectivity index (χ2v) is 6.51. The molecule has 1 saturated heterocycles. The molecule has 0 bridgehead atoms. The van der Waals surface area contributed by atoms with Crippen LogP contribution in [0.2, 0.25) is 0 Å². The zero-order valence-corrected chi connectivity index (χ0v) is 14.6. The number of aromatic nitrogens is 2. The molecule has 0 saturated carbocycles. The van der Waals surface area contributed by atoms with Gasteiger partial charge in [-0.15, -0.1) is 0 Å². The number of rotatable bonds is 3. The molecule has 1 N–H and O–H groups in total. The summed E-state index contributed by atoms with van der Waals surface area (Å²) in [7, 11) is 0. The summed E-state index contributed by atoms with van der Waals surface area (Å²) in [6.45, 7) is 7.64. The van der Waals surface area contributed by atoms with Crippen molar-refractivity contribution in [3.8, 4) is 0 Å². The van der Waals surface area contributed by atoms with Gasteiger partial charge in [0.1, 0.15) is 5.69 Å². The van der Waals surface area contributed by atoms with Crippen molar-refractivity contribution in [2.24, 2.45) is 0 Å². The molecule has 126 valence electrons. The van der Waals surface area contributed by atoms with Gasteiger partial charge in [0.15, 0.2) is 0 Å². The maximum Gasteiger partial charge on any atom is 0.272 e. The summed E-state index contributed by atoms with van der Waals surface area (Å²) in [5.41, 5.74) is 4.56. The Morgan fingerprint density at radius 3 is 2.50 bits per heavy atom. The fraction of sp³-hybridized carbons (Fsp3) is 0.421. The normalized spacial score (nSPS) is 14.5. The predicted octanol–water partition coefficient (Wildman–Crippen LogP) is 3.77. The molecule has 2 aromatic rings. The van der Waals surface area contributed by atoms with E-state index >= 15 is 0 Å². The molecular weight excluding hydrogens is 300 g/mol. The lowest BCUT2D eigenvalue weighted by Gasteiger charge is -2.26. The molecule has 24 heavy (non-hydrogen) atoms. The van der Waals surface area contributed by atoms with Gasteiger partial charge in [0.2, 0.25) is 5.95 Å². The lowest BCUT2D eigenvalue weighted by atomic mass is 10.1. The van der Waals surface area contributed by atoms with Gasteiger partial charge < -0.3 is 10.2 Å². The molecule has 1 fully saturated rings. The van der Waals surface area contributed by atoms with E-state index < -0.39 is 0 Å². The van der Waals surface area contributed by atoms with Crippen LogP contribution in [0.1, 0.15) is 46.6 Å². The van der Waals surface area contributed by atoms with Gasteiger partial charge in [-0.2, -0.15) is 0 Å². The van der Waals surface area contributed by atoms with Crippen LogP contribution < -0.4 is 5.32 Å². The molecule has 0 radical (unpaired) electrons. The minimum absolute atomic E-state index is 0.00359. The smallest absolute Gasteiger partial charge is 0.272 e. The van der Waals surface area contributed by atoms with E-state index in [-0.39, 0.29) is 5.91 Å². The summed E-state index contributed by atoms with van der Waals surface area (Å²) < 4.78 is 0. The van der Waals surface area contributed by atoms with E-state index in [9.17, 15) is 4.79 Å². The van der Waals surface area contributed by atoms with Gasteiger partial charge in [-0.3, -0.25) is 4.79 Å². The molecule has 0 spiro atoms. The Balaban J connectivity index is 1.84. The van der Waals surface area contributed by atoms with Crippen molar-refractivity contribution in [1.82, 2.24) is 14.9 Å². The van der Waals surface area contributed by atoms with Crippen molar-refractivity contribution in [2.45, 2.75) is 40.0 Å². The van der Waals surface area contributed by atoms with Crippen LogP contribution in [0.25, 0.3) is 0 Å². The molecule has 1 aromatic carbocycles. The van der Waals surface area contributed by atoms with Crippen molar-refractivity contribution < 1.29 is 4.79 Å². The molecule has 0 atom stereocenters. The minimum atomic E-state index is 0.00359. The summed E-state index contributed by atoms with van der Waals surface area (Å²) in [5.74, 6) is 0.478. The Kier molecular flexibility index (Phi) is 4.79. The van der Waals surface area contributed by atoms with E-state index in [0.29, 0.717) is 11.6 Å². The summed E-state index contributed by atoms with van der Waals surface area (Å²) in [6.07, 6.45) is 3.35. The number of benzene rings is 1. The van der Waals surface area contributed by atoms with Gasteiger partial charge in [-0.25, -0.2) is 9.97 Å². The average Bonchev–Trinajstić information content (AvgIpc) is 2.57. The number of likely N-dealkylation sites (tertiary alicyclic amines) is 1. The number of aryl methyl sites for hydroxylation is 3. The standard InChI is InChI=1S/C19H24N4O/c1-13-7-8-16(14(2)11-13)21-19-20-15(3)12-17(22-19)18(24)23-9-5-4-6-10-23/h7-8,11-12H,4-6,9-10H2,1-3H3,(H,20,21,22). The number of piperidine rings is 1. The van der Waals surface area contributed by atoms with Crippen molar-refractivity contribution in [3.05, 3.63) is 46.8 Å². The van der Waals surface area contributed by atoms with E-state index in [1.165, 1.54) is 12.0 Å². The zero-order chi connectivity index (χ0) is 17.1. The Labute approximate surface area is 143 Å². The zero-order valence-electron chi connectivity index (χ0n) is 14.6. The van der Waals surface area contributed by atoms with Crippen molar-refractivity contribution in [3.63, 3.8) is 0 Å². The maximum atomic E-state index is 12.7. The molecular formula is C19H24N4O. The maximum absolute atomic E-state index is 12.7. The van der Waals surface area contributed by atoms with E-state index in [2.05, 4.69) is 28.3 Å². The molecule has 1 aliphatic rings. The number of carbonyl (C=O) groups is 1. The Hall–Kier alpha value is -2.43. The highest BCUT2D eigenvalue weighted by molar-refractivity contribution is 5.92. The monoisotopic (exact) mass is 324 g/mol. The molecule has 1 aliphatic heterocycles. The van der Waals surface area contributed by atoms with Crippen molar-refractivity contribution in [1.29, 1.82) is 0 Å². The molecule has 0 aliphatic carbocycles. The van der Waals surface area contributed by atoms with Crippen LogP contribution in [-0.4, -0.2) is 33.9 Å². The summed E-state index contributed by atoms with van der Waals surface area (Å²) in [5, 5.41) is 3.25. The summed E-state index contributed by atoms with van der Waals surface area (Å²) in [6, 6.07) is 7.94. The first kappa shape index (κ1) is 16.4. The SMILES string of the molecule is Cc1ccc(Nc2nc(C)cc(C(=O)N3CCCCC3)n2)c(C)c1. The van der Waals surface area contributed by atoms with Gasteiger partial charge in [0.05, 0.1) is 0 Å². The third-order valence-electron chi connectivity index (χ3n) is 4.34. The first-order chi connectivity index (χ1) is 11.5. The lowest BCUT2D eigenvalue weighted by Crippen LogP contribution is -2.36. The van der Waals surface area contributed by atoms with Gasteiger partial charge in [0.25, 0.3) is 5.91 Å². The second-order valence-electron chi connectivity index (χ2n) is 6.51. The van der Waals surface area contributed by atoms with Gasteiger partial charge in [-0.05, 0) is 57.7 Å². The first-order valence-electron chi connectivity index (χ1n) is 8.52. The number of carbonyl (C=O) groups excluding carboxylic acids is 1. The molecule has 1 aromatic heterocycles. The predicted molar refractivity (Wildman–Crippen MR) is 95.7 cm³/mol.